The minimum atomic E-state index is -0.544. The minimum absolute atomic E-state index is 0.0172. The Morgan fingerprint density at radius 1 is 1.17 bits per heavy atom. The maximum atomic E-state index is 13.7. The lowest BCUT2D eigenvalue weighted by Gasteiger charge is -2.31. The van der Waals surface area contributed by atoms with Crippen LogP contribution < -0.4 is 10.5 Å². The molecule has 0 amide bonds. The van der Waals surface area contributed by atoms with Gasteiger partial charge in [-0.15, -0.1) is 0 Å². The summed E-state index contributed by atoms with van der Waals surface area (Å²) in [5, 5.41) is 9.60. The van der Waals surface area contributed by atoms with Crippen LogP contribution in [0.5, 0.6) is 5.75 Å². The Bertz CT molecular complexity index is 1060. The molecule has 6 heteroatoms. The average Bonchev–Trinajstić information content (AvgIpc) is 2.73. The van der Waals surface area contributed by atoms with Crippen LogP contribution in [-0.2, 0) is 16.1 Å². The predicted molar refractivity (Wildman–Crippen MR) is 104 cm³/mol. The second-order valence-corrected chi connectivity index (χ2v) is 6.99. The summed E-state index contributed by atoms with van der Waals surface area (Å²) in [6, 6.07) is 15.6. The first-order valence-electron chi connectivity index (χ1n) is 9.38. The van der Waals surface area contributed by atoms with E-state index in [2.05, 4.69) is 6.07 Å². The van der Waals surface area contributed by atoms with Gasteiger partial charge in [-0.1, -0.05) is 30.3 Å². The first-order valence-corrected chi connectivity index (χ1v) is 9.38. The summed E-state index contributed by atoms with van der Waals surface area (Å²) in [6.07, 6.45) is 1.77. The number of hydrogen-bond donors (Lipinski definition) is 1. The van der Waals surface area contributed by atoms with Gasteiger partial charge in [-0.05, 0) is 30.2 Å². The van der Waals surface area contributed by atoms with Gasteiger partial charge >= 0.3 is 0 Å². The van der Waals surface area contributed by atoms with Gasteiger partial charge in [0.15, 0.2) is 5.78 Å². The van der Waals surface area contributed by atoms with E-state index in [1.165, 1.54) is 6.07 Å². The Morgan fingerprint density at radius 2 is 1.93 bits per heavy atom. The van der Waals surface area contributed by atoms with E-state index in [-0.39, 0.29) is 29.7 Å². The molecular formula is C23H19FN2O3. The summed E-state index contributed by atoms with van der Waals surface area (Å²) in [6.45, 7) is 0.105. The molecule has 4 rings (SSSR count). The molecule has 0 bridgehead atoms. The van der Waals surface area contributed by atoms with Crippen LogP contribution in [0.15, 0.2) is 71.3 Å². The van der Waals surface area contributed by atoms with Crippen LogP contribution in [0.2, 0.25) is 0 Å². The molecule has 2 aromatic carbocycles. The molecule has 0 fully saturated rings. The Kier molecular flexibility index (Phi) is 5.05. The number of nitriles is 1. The molecule has 0 aromatic heterocycles. The maximum absolute atomic E-state index is 13.7. The van der Waals surface area contributed by atoms with Gasteiger partial charge < -0.3 is 15.2 Å². The van der Waals surface area contributed by atoms with Gasteiger partial charge in [0.1, 0.15) is 35.6 Å². The summed E-state index contributed by atoms with van der Waals surface area (Å²) in [5.74, 6) is 0.284. The number of halogens is 1. The summed E-state index contributed by atoms with van der Waals surface area (Å²) in [5.41, 5.74) is 7.93. The third-order valence-corrected chi connectivity index (χ3v) is 5.17. The van der Waals surface area contributed by atoms with Crippen LogP contribution in [0, 0.1) is 17.1 Å². The van der Waals surface area contributed by atoms with Crippen LogP contribution >= 0.6 is 0 Å². The third-order valence-electron chi connectivity index (χ3n) is 5.17. The molecule has 2 aliphatic rings. The van der Waals surface area contributed by atoms with Gasteiger partial charge in [0.25, 0.3) is 0 Å². The van der Waals surface area contributed by atoms with E-state index in [1.807, 2.05) is 0 Å². The van der Waals surface area contributed by atoms with E-state index in [9.17, 15) is 14.4 Å². The van der Waals surface area contributed by atoms with Crippen molar-refractivity contribution in [1.29, 1.82) is 5.26 Å². The van der Waals surface area contributed by atoms with Crippen LogP contribution in [0.25, 0.3) is 0 Å². The normalized spacial score (nSPS) is 18.8. The number of ketones is 1. The quantitative estimate of drug-likeness (QED) is 0.845. The maximum Gasteiger partial charge on any atom is 0.205 e. The van der Waals surface area contributed by atoms with Crippen molar-refractivity contribution in [1.82, 2.24) is 0 Å². The number of carbonyl (C=O) groups is 1. The number of hydrogen-bond acceptors (Lipinski definition) is 5. The summed E-state index contributed by atoms with van der Waals surface area (Å²) >= 11 is 0. The van der Waals surface area contributed by atoms with Crippen LogP contribution in [0.3, 0.4) is 0 Å². The number of rotatable bonds is 4. The minimum Gasteiger partial charge on any atom is -0.489 e. The number of nitrogens with two attached hydrogens (primary N) is 1. The van der Waals surface area contributed by atoms with E-state index in [1.54, 1.807) is 42.5 Å². The molecule has 0 spiro atoms. The topological polar surface area (TPSA) is 85.3 Å². The number of nitrogens with zero attached hydrogens (tertiary/aromatic N) is 1. The van der Waals surface area contributed by atoms with Gasteiger partial charge in [-0.2, -0.15) is 5.26 Å². The fourth-order valence-corrected chi connectivity index (χ4v) is 3.72. The SMILES string of the molecule is N#CC1=C(N)OC2=C(C(=O)CCC2)[C@H]1c1ccc(OCc2ccccc2F)cc1. The molecule has 1 aliphatic heterocycles. The summed E-state index contributed by atoms with van der Waals surface area (Å²) < 4.78 is 25.0. The Labute approximate surface area is 167 Å². The van der Waals surface area contributed by atoms with Crippen LogP contribution in [0.1, 0.15) is 36.3 Å². The molecule has 0 saturated carbocycles. The van der Waals surface area contributed by atoms with Crippen molar-refractivity contribution in [2.45, 2.75) is 31.8 Å². The second-order valence-electron chi connectivity index (χ2n) is 6.99. The highest BCUT2D eigenvalue weighted by atomic mass is 19.1. The number of benzene rings is 2. The molecule has 0 unspecified atom stereocenters. The number of Topliss-reactive ketones (excluding diaryl/α,β-unsaturated/α-hetero) is 1. The van der Waals surface area contributed by atoms with Crippen molar-refractivity contribution >= 4 is 5.78 Å². The number of carbonyl (C=O) groups excluding carboxylic acids is 1. The van der Waals surface area contributed by atoms with Gasteiger partial charge in [0.2, 0.25) is 5.88 Å². The van der Waals surface area contributed by atoms with Gasteiger partial charge in [-0.25, -0.2) is 4.39 Å². The van der Waals surface area contributed by atoms with Crippen molar-refractivity contribution in [2.75, 3.05) is 0 Å². The van der Waals surface area contributed by atoms with Gasteiger partial charge in [0.05, 0.1) is 5.92 Å². The molecular weight excluding hydrogens is 371 g/mol. The zero-order chi connectivity index (χ0) is 20.4. The smallest absolute Gasteiger partial charge is 0.205 e. The van der Waals surface area contributed by atoms with E-state index >= 15 is 0 Å². The molecule has 2 N–H and O–H groups in total. The zero-order valence-corrected chi connectivity index (χ0v) is 15.7. The van der Waals surface area contributed by atoms with E-state index in [0.717, 1.165) is 5.56 Å². The number of ether oxygens (including phenoxy) is 2. The molecule has 2 aromatic rings. The zero-order valence-electron chi connectivity index (χ0n) is 15.7. The Balaban J connectivity index is 1.60. The molecule has 5 nitrogen and oxygen atoms in total. The average molecular weight is 390 g/mol. The van der Waals surface area contributed by atoms with E-state index < -0.39 is 5.92 Å². The van der Waals surface area contributed by atoms with Crippen LogP contribution in [-0.4, -0.2) is 5.78 Å². The fourth-order valence-electron chi connectivity index (χ4n) is 3.72. The van der Waals surface area contributed by atoms with Crippen molar-refractivity contribution in [2.24, 2.45) is 5.73 Å². The molecule has 146 valence electrons. The Morgan fingerprint density at radius 3 is 2.66 bits per heavy atom. The van der Waals surface area contributed by atoms with Gasteiger partial charge in [-0.3, -0.25) is 4.79 Å². The lowest BCUT2D eigenvalue weighted by atomic mass is 9.77. The first-order chi connectivity index (χ1) is 14.1. The summed E-state index contributed by atoms with van der Waals surface area (Å²) in [4.78, 5) is 12.6. The molecule has 29 heavy (non-hydrogen) atoms. The van der Waals surface area contributed by atoms with Crippen LogP contribution in [0.4, 0.5) is 4.39 Å². The third kappa shape index (κ3) is 3.59. The molecule has 1 aliphatic carbocycles. The lowest BCUT2D eigenvalue weighted by molar-refractivity contribution is -0.116. The van der Waals surface area contributed by atoms with Crippen molar-refractivity contribution in [3.05, 3.63) is 88.3 Å². The summed E-state index contributed by atoms with van der Waals surface area (Å²) in [7, 11) is 0. The van der Waals surface area contributed by atoms with Crippen molar-refractivity contribution in [3.8, 4) is 11.8 Å². The molecule has 1 atom stereocenters. The van der Waals surface area contributed by atoms with Crippen molar-refractivity contribution in [3.63, 3.8) is 0 Å². The van der Waals surface area contributed by atoms with E-state index in [0.29, 0.717) is 41.9 Å². The number of allylic oxidation sites excluding steroid dienone is 3. The standard InChI is InChI=1S/C23H19FN2O3/c24-18-5-2-1-4-15(18)13-28-16-10-8-14(9-11-16)21-17(12-25)23(26)29-20-7-3-6-19(27)22(20)21/h1-2,4-5,8-11,21H,3,6-7,13,26H2/t21-/m0/s1. The molecule has 0 saturated heterocycles. The Hall–Kier alpha value is -3.59. The largest absolute Gasteiger partial charge is 0.489 e. The predicted octanol–water partition coefficient (Wildman–Crippen LogP) is 4.22. The second kappa shape index (κ2) is 7.80. The molecule has 1 heterocycles. The monoisotopic (exact) mass is 390 g/mol. The highest BCUT2D eigenvalue weighted by molar-refractivity contribution is 5.99. The van der Waals surface area contributed by atoms with Crippen molar-refractivity contribution < 1.29 is 18.7 Å². The highest BCUT2D eigenvalue weighted by Gasteiger charge is 2.37. The highest BCUT2D eigenvalue weighted by Crippen LogP contribution is 2.43. The van der Waals surface area contributed by atoms with Gasteiger partial charge in [0, 0.05) is 24.0 Å². The lowest BCUT2D eigenvalue weighted by Crippen LogP contribution is -2.27. The van der Waals surface area contributed by atoms with E-state index in [4.69, 9.17) is 15.2 Å². The fraction of sp³-hybridized carbons (Fsp3) is 0.217. The molecule has 0 radical (unpaired) electrons. The first kappa shape index (κ1) is 18.8.